The summed E-state index contributed by atoms with van der Waals surface area (Å²) in [6.07, 6.45) is -0.656. The predicted molar refractivity (Wildman–Crippen MR) is 56.7 cm³/mol. The highest BCUT2D eigenvalue weighted by atomic mass is 19.4. The third-order valence-corrected chi connectivity index (χ3v) is 3.49. The molecule has 1 saturated heterocycles. The number of urea groups is 1. The van der Waals surface area contributed by atoms with Gasteiger partial charge in [-0.05, 0) is 12.8 Å². The fraction of sp³-hybridized carbons (Fsp3) is 0.818. The number of alkyl halides is 3. The standard InChI is InChI=1S/C11H15F3N2O2/c12-11(13,14)6-16-9(17)7-4-2-1-3-5-8(7)15-10(16)18/h7-8H,1-6H2,(H,15,18). The van der Waals surface area contributed by atoms with E-state index in [-0.39, 0.29) is 6.04 Å². The Balaban J connectivity index is 2.14. The van der Waals surface area contributed by atoms with E-state index in [4.69, 9.17) is 0 Å². The molecule has 1 aliphatic carbocycles. The first kappa shape index (κ1) is 13.2. The van der Waals surface area contributed by atoms with Crippen LogP contribution >= 0.6 is 0 Å². The summed E-state index contributed by atoms with van der Waals surface area (Å²) >= 11 is 0. The molecule has 1 N–H and O–H groups in total. The summed E-state index contributed by atoms with van der Waals surface area (Å²) in [5, 5.41) is 2.53. The van der Waals surface area contributed by atoms with Gasteiger partial charge >= 0.3 is 12.2 Å². The number of nitrogens with one attached hydrogen (secondary N) is 1. The molecule has 3 amide bonds. The maximum Gasteiger partial charge on any atom is 0.406 e. The maximum absolute atomic E-state index is 12.3. The largest absolute Gasteiger partial charge is 0.406 e. The average Bonchev–Trinajstić information content (AvgIpc) is 2.48. The van der Waals surface area contributed by atoms with Crippen LogP contribution in [0.5, 0.6) is 0 Å². The van der Waals surface area contributed by atoms with Crippen molar-refractivity contribution in [2.75, 3.05) is 6.54 Å². The van der Waals surface area contributed by atoms with Crippen LogP contribution in [-0.2, 0) is 4.79 Å². The summed E-state index contributed by atoms with van der Waals surface area (Å²) in [6, 6.07) is -1.21. The van der Waals surface area contributed by atoms with Crippen LogP contribution in [0, 0.1) is 5.92 Å². The molecule has 0 radical (unpaired) electrons. The van der Waals surface area contributed by atoms with Crippen LogP contribution in [-0.4, -0.2) is 35.6 Å². The quantitative estimate of drug-likeness (QED) is 0.788. The lowest BCUT2D eigenvalue weighted by atomic mass is 9.91. The van der Waals surface area contributed by atoms with Gasteiger partial charge in [0.2, 0.25) is 5.91 Å². The Morgan fingerprint density at radius 1 is 1.17 bits per heavy atom. The van der Waals surface area contributed by atoms with Crippen molar-refractivity contribution in [1.82, 2.24) is 10.2 Å². The van der Waals surface area contributed by atoms with Gasteiger partial charge in [0, 0.05) is 6.04 Å². The number of hydrogen-bond acceptors (Lipinski definition) is 2. The Kier molecular flexibility index (Phi) is 3.49. The van der Waals surface area contributed by atoms with E-state index in [0.717, 1.165) is 19.3 Å². The number of hydrogen-bond donors (Lipinski definition) is 1. The summed E-state index contributed by atoms with van der Waals surface area (Å²) in [5.74, 6) is -1.17. The normalized spacial score (nSPS) is 29.6. The molecular formula is C11H15F3N2O2. The maximum atomic E-state index is 12.3. The van der Waals surface area contributed by atoms with Gasteiger partial charge in [0.25, 0.3) is 0 Å². The van der Waals surface area contributed by atoms with Gasteiger partial charge in [-0.2, -0.15) is 13.2 Å². The van der Waals surface area contributed by atoms with Crippen LogP contribution in [0.2, 0.25) is 0 Å². The second-order valence-electron chi connectivity index (χ2n) is 4.84. The number of carbonyl (C=O) groups excluding carboxylic acids is 2. The van der Waals surface area contributed by atoms with Crippen molar-refractivity contribution in [3.63, 3.8) is 0 Å². The SMILES string of the molecule is O=C1NC2CCCCCC2C(=O)N1CC(F)(F)F. The van der Waals surface area contributed by atoms with E-state index >= 15 is 0 Å². The molecular weight excluding hydrogens is 249 g/mol. The van der Waals surface area contributed by atoms with Crippen molar-refractivity contribution in [3.8, 4) is 0 Å². The molecule has 18 heavy (non-hydrogen) atoms. The number of imide groups is 1. The monoisotopic (exact) mass is 264 g/mol. The molecule has 2 unspecified atom stereocenters. The van der Waals surface area contributed by atoms with Crippen LogP contribution in [0.25, 0.3) is 0 Å². The van der Waals surface area contributed by atoms with Gasteiger partial charge in [-0.3, -0.25) is 9.69 Å². The molecule has 0 aromatic carbocycles. The van der Waals surface area contributed by atoms with Gasteiger partial charge in [0.05, 0.1) is 5.92 Å². The highest BCUT2D eigenvalue weighted by molar-refractivity contribution is 5.98. The highest BCUT2D eigenvalue weighted by Crippen LogP contribution is 2.29. The van der Waals surface area contributed by atoms with E-state index in [9.17, 15) is 22.8 Å². The Morgan fingerprint density at radius 3 is 2.50 bits per heavy atom. The summed E-state index contributed by atoms with van der Waals surface area (Å²) in [6.45, 7) is -1.50. The molecule has 1 aliphatic heterocycles. The average molecular weight is 264 g/mol. The molecule has 0 bridgehead atoms. The molecule has 102 valence electrons. The van der Waals surface area contributed by atoms with Crippen molar-refractivity contribution in [3.05, 3.63) is 0 Å². The lowest BCUT2D eigenvalue weighted by Gasteiger charge is -2.36. The third-order valence-electron chi connectivity index (χ3n) is 3.49. The summed E-state index contributed by atoms with van der Waals surface area (Å²) in [5.41, 5.74) is 0. The lowest BCUT2D eigenvalue weighted by Crippen LogP contribution is -2.61. The molecule has 2 fully saturated rings. The van der Waals surface area contributed by atoms with Gasteiger partial charge in [0.1, 0.15) is 6.54 Å². The van der Waals surface area contributed by atoms with Crippen LogP contribution in [0.3, 0.4) is 0 Å². The molecule has 2 rings (SSSR count). The molecule has 4 nitrogen and oxygen atoms in total. The van der Waals surface area contributed by atoms with Crippen LogP contribution in [0.4, 0.5) is 18.0 Å². The first-order valence-electron chi connectivity index (χ1n) is 6.07. The van der Waals surface area contributed by atoms with Gasteiger partial charge < -0.3 is 5.32 Å². The molecule has 0 aromatic rings. The number of carbonyl (C=O) groups is 2. The minimum absolute atomic E-state index is 0.294. The van der Waals surface area contributed by atoms with Crippen molar-refractivity contribution >= 4 is 11.9 Å². The smallest absolute Gasteiger partial charge is 0.334 e. The van der Waals surface area contributed by atoms with E-state index in [1.807, 2.05) is 0 Å². The molecule has 1 heterocycles. The molecule has 7 heteroatoms. The number of nitrogens with zero attached hydrogens (tertiary/aromatic N) is 1. The van der Waals surface area contributed by atoms with Crippen LogP contribution < -0.4 is 5.32 Å². The zero-order valence-corrected chi connectivity index (χ0v) is 9.79. The van der Waals surface area contributed by atoms with Crippen molar-refractivity contribution < 1.29 is 22.8 Å². The zero-order chi connectivity index (χ0) is 13.3. The van der Waals surface area contributed by atoms with E-state index in [2.05, 4.69) is 5.32 Å². The van der Waals surface area contributed by atoms with E-state index in [1.54, 1.807) is 0 Å². The zero-order valence-electron chi connectivity index (χ0n) is 9.79. The fourth-order valence-electron chi connectivity index (χ4n) is 2.64. The fourth-order valence-corrected chi connectivity index (χ4v) is 2.64. The number of fused-ring (bicyclic) bond motifs is 1. The van der Waals surface area contributed by atoms with Gasteiger partial charge in [-0.1, -0.05) is 19.3 Å². The third kappa shape index (κ3) is 2.76. The van der Waals surface area contributed by atoms with E-state index in [1.165, 1.54) is 0 Å². The number of rotatable bonds is 1. The molecule has 0 aromatic heterocycles. The number of amides is 3. The second kappa shape index (κ2) is 4.78. The van der Waals surface area contributed by atoms with E-state index < -0.39 is 30.6 Å². The first-order valence-corrected chi connectivity index (χ1v) is 6.07. The van der Waals surface area contributed by atoms with Crippen LogP contribution in [0.1, 0.15) is 32.1 Å². The Hall–Kier alpha value is -1.27. The minimum Gasteiger partial charge on any atom is -0.334 e. The molecule has 0 spiro atoms. The van der Waals surface area contributed by atoms with Gasteiger partial charge in [-0.25, -0.2) is 4.79 Å². The Labute approximate surface area is 103 Å². The van der Waals surface area contributed by atoms with Crippen molar-refractivity contribution in [1.29, 1.82) is 0 Å². The highest BCUT2D eigenvalue weighted by Gasteiger charge is 2.45. The molecule has 1 saturated carbocycles. The van der Waals surface area contributed by atoms with Crippen molar-refractivity contribution in [2.45, 2.75) is 44.3 Å². The minimum atomic E-state index is -4.55. The lowest BCUT2D eigenvalue weighted by molar-refractivity contribution is -0.160. The van der Waals surface area contributed by atoms with Gasteiger partial charge in [-0.15, -0.1) is 0 Å². The topological polar surface area (TPSA) is 49.4 Å². The molecule has 2 atom stereocenters. The Bertz CT molecular complexity index is 357. The molecule has 2 aliphatic rings. The first-order chi connectivity index (χ1) is 8.38. The summed E-state index contributed by atoms with van der Waals surface area (Å²) < 4.78 is 37.0. The second-order valence-corrected chi connectivity index (χ2v) is 4.84. The Morgan fingerprint density at radius 2 is 1.83 bits per heavy atom. The van der Waals surface area contributed by atoms with E-state index in [0.29, 0.717) is 17.7 Å². The predicted octanol–water partition coefficient (Wildman–Crippen LogP) is 2.05. The van der Waals surface area contributed by atoms with Gasteiger partial charge in [0.15, 0.2) is 0 Å². The summed E-state index contributed by atoms with van der Waals surface area (Å²) in [4.78, 5) is 23.8. The number of halogens is 3. The van der Waals surface area contributed by atoms with Crippen molar-refractivity contribution in [2.24, 2.45) is 5.92 Å². The summed E-state index contributed by atoms with van der Waals surface area (Å²) in [7, 11) is 0. The van der Waals surface area contributed by atoms with Crippen LogP contribution in [0.15, 0.2) is 0 Å².